The summed E-state index contributed by atoms with van der Waals surface area (Å²) in [6, 6.07) is 0. The zero-order valence-electron chi connectivity index (χ0n) is 15.1. The van der Waals surface area contributed by atoms with Crippen LogP contribution in [-0.2, 0) is 4.79 Å². The number of rotatable bonds is 8. The van der Waals surface area contributed by atoms with Crippen molar-refractivity contribution in [3.63, 3.8) is 0 Å². The van der Waals surface area contributed by atoms with E-state index in [1.54, 1.807) is 0 Å². The zero-order valence-corrected chi connectivity index (χ0v) is 15.1. The van der Waals surface area contributed by atoms with Gasteiger partial charge in [-0.05, 0) is 42.9 Å². The molecule has 0 bridgehead atoms. The third-order valence-corrected chi connectivity index (χ3v) is 6.92. The molecule has 128 valence electrons. The largest absolute Gasteiger partial charge is 0.303 e. The maximum atomic E-state index is 11.1. The molecule has 2 aliphatic rings. The summed E-state index contributed by atoms with van der Waals surface area (Å²) in [4.78, 5) is 11.1. The average molecular weight is 307 g/mol. The highest BCUT2D eigenvalue weighted by Gasteiger charge is 2.26. The fourth-order valence-corrected chi connectivity index (χ4v) is 5.04. The van der Waals surface area contributed by atoms with E-state index in [1.165, 1.54) is 83.3 Å². The Morgan fingerprint density at radius 1 is 0.773 bits per heavy atom. The van der Waals surface area contributed by atoms with E-state index in [4.69, 9.17) is 0 Å². The fraction of sp³-hybridized carbons (Fsp3) is 0.952. The van der Waals surface area contributed by atoms with E-state index in [9.17, 15) is 4.79 Å². The number of aldehydes is 1. The highest BCUT2D eigenvalue weighted by atomic mass is 16.1. The molecule has 2 aliphatic carbocycles. The van der Waals surface area contributed by atoms with Crippen LogP contribution in [0.25, 0.3) is 0 Å². The van der Waals surface area contributed by atoms with Gasteiger partial charge in [0.2, 0.25) is 0 Å². The van der Waals surface area contributed by atoms with Gasteiger partial charge in [0.05, 0.1) is 0 Å². The van der Waals surface area contributed by atoms with E-state index in [2.05, 4.69) is 13.8 Å². The van der Waals surface area contributed by atoms with Gasteiger partial charge in [-0.2, -0.15) is 0 Å². The lowest BCUT2D eigenvalue weighted by molar-refractivity contribution is -0.113. The molecule has 2 saturated carbocycles. The summed E-state index contributed by atoms with van der Waals surface area (Å²) in [6.45, 7) is 4.93. The van der Waals surface area contributed by atoms with Crippen LogP contribution in [0.15, 0.2) is 0 Å². The first kappa shape index (κ1) is 18.0. The smallest absolute Gasteiger partial charge is 0.123 e. The summed E-state index contributed by atoms with van der Waals surface area (Å²) >= 11 is 0. The van der Waals surface area contributed by atoms with Crippen molar-refractivity contribution in [1.29, 1.82) is 0 Å². The Bertz CT molecular complexity index is 311. The van der Waals surface area contributed by atoms with Crippen molar-refractivity contribution >= 4 is 6.29 Å². The maximum absolute atomic E-state index is 11.1. The molecule has 0 N–H and O–H groups in total. The van der Waals surface area contributed by atoms with Gasteiger partial charge in [-0.3, -0.25) is 0 Å². The number of hydrogen-bond acceptors (Lipinski definition) is 1. The van der Waals surface area contributed by atoms with E-state index in [0.717, 1.165) is 24.2 Å². The minimum Gasteiger partial charge on any atom is -0.303 e. The lowest BCUT2D eigenvalue weighted by Gasteiger charge is -2.34. The molecule has 0 heterocycles. The van der Waals surface area contributed by atoms with Crippen LogP contribution in [0.4, 0.5) is 0 Å². The molecule has 0 amide bonds. The summed E-state index contributed by atoms with van der Waals surface area (Å²) in [5, 5.41) is 0. The second kappa shape index (κ2) is 9.73. The van der Waals surface area contributed by atoms with Crippen molar-refractivity contribution in [3.05, 3.63) is 0 Å². The lowest BCUT2D eigenvalue weighted by atomic mass is 9.72. The number of unbranched alkanes of at least 4 members (excludes halogenated alkanes) is 3. The van der Waals surface area contributed by atoms with Crippen LogP contribution < -0.4 is 0 Å². The van der Waals surface area contributed by atoms with E-state index >= 15 is 0 Å². The Labute approximate surface area is 138 Å². The summed E-state index contributed by atoms with van der Waals surface area (Å²) in [5.74, 6) is 4.00. The molecule has 0 saturated heterocycles. The quantitative estimate of drug-likeness (QED) is 0.374. The number of hydrogen-bond donors (Lipinski definition) is 0. The van der Waals surface area contributed by atoms with Gasteiger partial charge < -0.3 is 4.79 Å². The van der Waals surface area contributed by atoms with Gasteiger partial charge >= 0.3 is 0 Å². The van der Waals surface area contributed by atoms with Gasteiger partial charge in [0, 0.05) is 5.92 Å². The van der Waals surface area contributed by atoms with Gasteiger partial charge in [-0.1, -0.05) is 78.1 Å². The summed E-state index contributed by atoms with van der Waals surface area (Å²) < 4.78 is 0. The Balaban J connectivity index is 1.53. The normalized spacial score (nSPS) is 36.2. The van der Waals surface area contributed by atoms with Gasteiger partial charge in [0.15, 0.2) is 0 Å². The molecule has 2 rings (SSSR count). The summed E-state index contributed by atoms with van der Waals surface area (Å²) in [6.07, 6.45) is 19.1. The molecule has 0 spiro atoms. The third kappa shape index (κ3) is 5.39. The highest BCUT2D eigenvalue weighted by molar-refractivity contribution is 5.54. The predicted molar refractivity (Wildman–Crippen MR) is 94.9 cm³/mol. The van der Waals surface area contributed by atoms with Gasteiger partial charge in [-0.25, -0.2) is 0 Å². The van der Waals surface area contributed by atoms with Crippen LogP contribution in [0.5, 0.6) is 0 Å². The lowest BCUT2D eigenvalue weighted by Crippen LogP contribution is -2.24. The zero-order chi connectivity index (χ0) is 15.8. The standard InChI is InChI=1S/C21H38O/c1-17-10-9-15-19(18(17)2)11-5-3-4-6-12-20-13-7-8-14-21(20)16-22/h16-21H,3-15H2,1-2H3. The number of carbonyl (C=O) groups excluding carboxylic acids is 1. The third-order valence-electron chi connectivity index (χ3n) is 6.92. The van der Waals surface area contributed by atoms with Crippen LogP contribution in [0.3, 0.4) is 0 Å². The van der Waals surface area contributed by atoms with Crippen molar-refractivity contribution in [1.82, 2.24) is 0 Å². The van der Waals surface area contributed by atoms with Crippen molar-refractivity contribution < 1.29 is 4.79 Å². The van der Waals surface area contributed by atoms with Crippen LogP contribution in [0.1, 0.15) is 97.3 Å². The second-order valence-corrected chi connectivity index (χ2v) is 8.36. The van der Waals surface area contributed by atoms with Crippen molar-refractivity contribution in [2.24, 2.45) is 29.6 Å². The molecule has 1 heteroatoms. The maximum Gasteiger partial charge on any atom is 0.123 e. The molecular formula is C21H38O. The van der Waals surface area contributed by atoms with Crippen molar-refractivity contribution in [2.45, 2.75) is 97.3 Å². The Hall–Kier alpha value is -0.330. The van der Waals surface area contributed by atoms with Gasteiger partial charge in [0.25, 0.3) is 0 Å². The molecule has 22 heavy (non-hydrogen) atoms. The summed E-state index contributed by atoms with van der Waals surface area (Å²) in [5.41, 5.74) is 0. The monoisotopic (exact) mass is 306 g/mol. The molecule has 0 aromatic heterocycles. The van der Waals surface area contributed by atoms with Crippen LogP contribution in [0, 0.1) is 29.6 Å². The molecule has 0 radical (unpaired) electrons. The molecule has 0 aromatic carbocycles. The number of carbonyl (C=O) groups is 1. The molecule has 0 aromatic rings. The predicted octanol–water partition coefficient (Wildman–Crippen LogP) is 6.40. The molecule has 0 aliphatic heterocycles. The van der Waals surface area contributed by atoms with Crippen LogP contribution in [-0.4, -0.2) is 6.29 Å². The first-order valence-electron chi connectivity index (χ1n) is 10.2. The molecule has 5 unspecified atom stereocenters. The second-order valence-electron chi connectivity index (χ2n) is 8.36. The van der Waals surface area contributed by atoms with Crippen molar-refractivity contribution in [2.75, 3.05) is 0 Å². The molecule has 5 atom stereocenters. The first-order chi connectivity index (χ1) is 10.7. The minimum atomic E-state index is 0.387. The molecular weight excluding hydrogens is 268 g/mol. The topological polar surface area (TPSA) is 17.1 Å². The van der Waals surface area contributed by atoms with Gasteiger partial charge in [0.1, 0.15) is 6.29 Å². The Morgan fingerprint density at radius 3 is 2.14 bits per heavy atom. The SMILES string of the molecule is CC1CCCC(CCCCCCC2CCCCC2C=O)C1C. The van der Waals surface area contributed by atoms with E-state index in [-0.39, 0.29) is 0 Å². The Kier molecular flexibility index (Phi) is 7.97. The first-order valence-corrected chi connectivity index (χ1v) is 10.2. The minimum absolute atomic E-state index is 0.387. The van der Waals surface area contributed by atoms with Gasteiger partial charge in [-0.15, -0.1) is 0 Å². The average Bonchev–Trinajstić information content (AvgIpc) is 2.55. The van der Waals surface area contributed by atoms with E-state index in [0.29, 0.717) is 11.8 Å². The van der Waals surface area contributed by atoms with Crippen LogP contribution in [0.2, 0.25) is 0 Å². The fourth-order valence-electron chi connectivity index (χ4n) is 5.04. The molecule has 1 nitrogen and oxygen atoms in total. The molecule has 2 fully saturated rings. The van der Waals surface area contributed by atoms with Crippen LogP contribution >= 0.6 is 0 Å². The van der Waals surface area contributed by atoms with E-state index < -0.39 is 0 Å². The van der Waals surface area contributed by atoms with Crippen molar-refractivity contribution in [3.8, 4) is 0 Å². The highest BCUT2D eigenvalue weighted by Crippen LogP contribution is 2.37. The summed E-state index contributed by atoms with van der Waals surface area (Å²) in [7, 11) is 0. The Morgan fingerprint density at radius 2 is 1.41 bits per heavy atom. The van der Waals surface area contributed by atoms with E-state index in [1.807, 2.05) is 0 Å².